The SMILES string of the molecule is C/C=C(/C)C(=O)O[C@H]1[C@H](O)[C@]2(CO)[C@H](O)C[C@]3(C)C(=CC[C@@H]4[C@@]5(C)CC[C@H](O[C@@H]6O[C@H](C(=O)O)[C@@H](O)[C@H](O[C@@H]7O[C@@H](CO)[C@H](O)[C@H]7O)[C@H]6O[C@@H]6O[C@H](CO)[C@@H](O)[C@H](O)[C@H]6O)[C@](C)(CO)[C@@H]5CC[C@]43C)[C@@H]2CC1(C)C. The predicted octanol–water partition coefficient (Wildman–Crippen LogP) is -1.25. The predicted molar refractivity (Wildman–Crippen MR) is 253 cm³/mol. The number of rotatable bonds is 13. The summed E-state index contributed by atoms with van der Waals surface area (Å²) in [5.41, 5.74) is -3.50. The highest BCUT2D eigenvalue weighted by molar-refractivity contribution is 5.87. The van der Waals surface area contributed by atoms with E-state index < -0.39 is 187 Å². The minimum atomic E-state index is -2.14. The molecule has 0 aromatic rings. The van der Waals surface area contributed by atoms with Gasteiger partial charge < -0.3 is 99.5 Å². The number of carbonyl (C=O) groups is 2. The number of carboxylic acid groups (broad SMARTS) is 1. The van der Waals surface area contributed by atoms with Gasteiger partial charge in [-0.05, 0) is 92.8 Å². The zero-order valence-corrected chi connectivity index (χ0v) is 43.5. The van der Waals surface area contributed by atoms with Crippen LogP contribution in [-0.2, 0) is 42.7 Å². The second kappa shape index (κ2) is 20.7. The molecule has 3 heterocycles. The molecule has 13 N–H and O–H groups in total. The molecule has 0 aromatic heterocycles. The Hall–Kier alpha value is -2.30. The van der Waals surface area contributed by atoms with E-state index in [4.69, 9.17) is 33.2 Å². The zero-order chi connectivity index (χ0) is 54.6. The van der Waals surface area contributed by atoms with E-state index in [2.05, 4.69) is 26.8 Å². The number of carbonyl (C=O) groups excluding carboxylic acids is 1. The Morgan fingerprint density at radius 3 is 1.86 bits per heavy atom. The maximum absolute atomic E-state index is 13.1. The van der Waals surface area contributed by atoms with Gasteiger partial charge in [0.05, 0.1) is 44.1 Å². The van der Waals surface area contributed by atoms with Crippen LogP contribution in [0.1, 0.15) is 100 Å². The molecule has 0 unspecified atom stereocenters. The first-order chi connectivity index (χ1) is 34.6. The molecule has 0 aromatic carbocycles. The third kappa shape index (κ3) is 8.77. The highest BCUT2D eigenvalue weighted by atomic mass is 16.8. The van der Waals surface area contributed by atoms with Crippen LogP contribution in [0.5, 0.6) is 0 Å². The van der Waals surface area contributed by atoms with E-state index in [9.17, 15) is 76.0 Å². The van der Waals surface area contributed by atoms with Crippen LogP contribution in [0, 0.1) is 50.2 Å². The van der Waals surface area contributed by atoms with Crippen molar-refractivity contribution in [1.29, 1.82) is 0 Å². The average Bonchev–Trinajstić information content (AvgIpc) is 3.62. The molecular formula is C52H82O22. The molecule has 5 aliphatic carbocycles. The third-order valence-corrected chi connectivity index (χ3v) is 20.4. The van der Waals surface area contributed by atoms with Crippen molar-refractivity contribution in [2.24, 2.45) is 50.2 Å². The molecule has 22 nitrogen and oxygen atoms in total. The first-order valence-corrected chi connectivity index (χ1v) is 26.2. The van der Waals surface area contributed by atoms with Crippen molar-refractivity contribution in [3.63, 3.8) is 0 Å². The first-order valence-electron chi connectivity index (χ1n) is 26.2. The van der Waals surface area contributed by atoms with Crippen molar-refractivity contribution in [2.45, 2.75) is 211 Å². The van der Waals surface area contributed by atoms with Gasteiger partial charge >= 0.3 is 11.9 Å². The number of hydrogen-bond acceptors (Lipinski definition) is 21. The van der Waals surface area contributed by atoms with Gasteiger partial charge in [0, 0.05) is 16.4 Å². The number of hydrogen-bond donors (Lipinski definition) is 13. The van der Waals surface area contributed by atoms with Gasteiger partial charge in [-0.1, -0.05) is 59.3 Å². The maximum Gasteiger partial charge on any atom is 0.335 e. The number of allylic oxidation sites excluding steroid dienone is 3. The molecule has 74 heavy (non-hydrogen) atoms. The highest BCUT2D eigenvalue weighted by Gasteiger charge is 2.73. The second-order valence-electron chi connectivity index (χ2n) is 24.5. The van der Waals surface area contributed by atoms with Crippen molar-refractivity contribution in [3.05, 3.63) is 23.3 Å². The lowest BCUT2D eigenvalue weighted by atomic mass is 9.33. The van der Waals surface area contributed by atoms with Crippen molar-refractivity contribution in [3.8, 4) is 0 Å². The monoisotopic (exact) mass is 1060 g/mol. The standard InChI is InChI=1S/C52H82O22/c1-9-22(2)43(67)74-41-40(64)52(21-56)24(16-47(41,3)4)23-10-11-28-48(5)14-13-30(49(6,20-55)27(48)12-15-50(28,7)51(23,8)17-29(52)57)70-46-39(73-45-35(62)33(60)31(58)25(18-53)68-45)37(36(63)38(72-46)42(65)66)71-44-34(61)32(59)26(19-54)69-44/h9-10,24-41,44-46,53-64H,11-21H2,1-8H3,(H,65,66)/b22-9-/t24-,25+,26-,27+,28+,29+,30-,31+,32-,33-,34+,35+,36-,37-,38-,39+,40-,41-,44-,45-,46+,48-,49+,50+,51+,52-/m0/s1. The van der Waals surface area contributed by atoms with Gasteiger partial charge in [-0.2, -0.15) is 0 Å². The van der Waals surface area contributed by atoms with Crippen molar-refractivity contribution in [2.75, 3.05) is 26.4 Å². The van der Waals surface area contributed by atoms with Crippen molar-refractivity contribution >= 4 is 11.9 Å². The second-order valence-corrected chi connectivity index (χ2v) is 24.5. The number of fused-ring (bicyclic) bond motifs is 7. The summed E-state index contributed by atoms with van der Waals surface area (Å²) < 4.78 is 42.2. The van der Waals surface area contributed by atoms with E-state index in [0.29, 0.717) is 37.7 Å². The van der Waals surface area contributed by atoms with E-state index in [1.54, 1.807) is 19.9 Å². The lowest BCUT2D eigenvalue weighted by molar-refractivity contribution is -0.387. The molecule has 0 bridgehead atoms. The summed E-state index contributed by atoms with van der Waals surface area (Å²) in [6.07, 6.45) is -23.2. The Labute approximate surface area is 430 Å². The normalized spacial score (nSPS) is 52.2. The summed E-state index contributed by atoms with van der Waals surface area (Å²) in [5.74, 6) is -3.04. The van der Waals surface area contributed by atoms with Gasteiger partial charge in [0.25, 0.3) is 0 Å². The van der Waals surface area contributed by atoms with Crippen LogP contribution in [0.3, 0.4) is 0 Å². The smallest absolute Gasteiger partial charge is 0.335 e. The number of ether oxygens (including phenoxy) is 7. The first kappa shape index (κ1) is 57.9. The molecule has 422 valence electrons. The van der Waals surface area contributed by atoms with Gasteiger partial charge in [-0.3, -0.25) is 0 Å². The fraction of sp³-hybridized carbons (Fsp3) is 0.885. The van der Waals surface area contributed by atoms with Crippen LogP contribution >= 0.6 is 0 Å². The molecule has 4 saturated carbocycles. The van der Waals surface area contributed by atoms with Gasteiger partial charge in [0.1, 0.15) is 73.2 Å². The number of carboxylic acids is 1. The molecule has 3 aliphatic heterocycles. The number of aliphatic carboxylic acids is 1. The Morgan fingerprint density at radius 1 is 0.703 bits per heavy atom. The maximum atomic E-state index is 13.1. The van der Waals surface area contributed by atoms with Crippen LogP contribution in [0.4, 0.5) is 0 Å². The van der Waals surface area contributed by atoms with Gasteiger partial charge in [-0.15, -0.1) is 0 Å². The Kier molecular flexibility index (Phi) is 16.2. The molecular weight excluding hydrogens is 977 g/mol. The van der Waals surface area contributed by atoms with E-state index >= 15 is 0 Å². The quantitative estimate of drug-likeness (QED) is 0.0443. The number of aliphatic hydroxyl groups is 12. The summed E-state index contributed by atoms with van der Waals surface area (Å²) in [4.78, 5) is 26.0. The van der Waals surface area contributed by atoms with Crippen LogP contribution in [0.15, 0.2) is 23.3 Å². The number of aliphatic hydroxyl groups excluding tert-OH is 12. The van der Waals surface area contributed by atoms with Crippen LogP contribution in [-0.4, -0.2) is 215 Å². The Bertz CT molecular complexity index is 2120. The largest absolute Gasteiger partial charge is 0.479 e. The molecule has 0 amide bonds. The molecule has 3 saturated heterocycles. The fourth-order valence-corrected chi connectivity index (χ4v) is 15.7. The summed E-state index contributed by atoms with van der Waals surface area (Å²) in [6, 6.07) is 0. The van der Waals surface area contributed by atoms with Crippen LogP contribution < -0.4 is 0 Å². The van der Waals surface area contributed by atoms with E-state index in [1.165, 1.54) is 0 Å². The summed E-state index contributed by atoms with van der Waals surface area (Å²) >= 11 is 0. The molecule has 0 spiro atoms. The third-order valence-electron chi connectivity index (χ3n) is 20.4. The topological polar surface area (TPSA) is 362 Å². The summed E-state index contributed by atoms with van der Waals surface area (Å²) in [6.45, 7) is 13.1. The van der Waals surface area contributed by atoms with E-state index in [-0.39, 0.29) is 24.7 Å². The number of esters is 1. The average molecular weight is 1060 g/mol. The minimum absolute atomic E-state index is 0.0457. The van der Waals surface area contributed by atoms with Crippen molar-refractivity contribution < 1.29 is 109 Å². The summed E-state index contributed by atoms with van der Waals surface area (Å²) in [5, 5.41) is 144. The Balaban J connectivity index is 1.12. The van der Waals surface area contributed by atoms with E-state index in [0.717, 1.165) is 5.57 Å². The van der Waals surface area contributed by atoms with E-state index in [1.807, 2.05) is 20.8 Å². The van der Waals surface area contributed by atoms with Gasteiger partial charge in [0.15, 0.2) is 25.0 Å². The molecule has 22 heteroatoms. The highest BCUT2D eigenvalue weighted by Crippen LogP contribution is 2.76. The van der Waals surface area contributed by atoms with Gasteiger partial charge in [-0.25, -0.2) is 9.59 Å². The summed E-state index contributed by atoms with van der Waals surface area (Å²) in [7, 11) is 0. The fourth-order valence-electron chi connectivity index (χ4n) is 15.7. The molecule has 7 fully saturated rings. The molecule has 8 aliphatic rings. The minimum Gasteiger partial charge on any atom is -0.479 e. The molecule has 8 rings (SSSR count). The Morgan fingerprint density at radius 2 is 1.30 bits per heavy atom. The van der Waals surface area contributed by atoms with Crippen LogP contribution in [0.25, 0.3) is 0 Å². The van der Waals surface area contributed by atoms with Crippen molar-refractivity contribution in [1.82, 2.24) is 0 Å². The zero-order valence-electron chi connectivity index (χ0n) is 43.5. The lowest BCUT2D eigenvalue weighted by Crippen LogP contribution is -2.72. The molecule has 26 atom stereocenters. The molecule has 0 radical (unpaired) electrons. The van der Waals surface area contributed by atoms with Gasteiger partial charge in [0.2, 0.25) is 0 Å². The van der Waals surface area contributed by atoms with Crippen LogP contribution in [0.2, 0.25) is 0 Å². The lowest BCUT2D eigenvalue weighted by Gasteiger charge is -2.72.